The van der Waals surface area contributed by atoms with Gasteiger partial charge in [0.1, 0.15) is 5.39 Å². The lowest BCUT2D eigenvalue weighted by Crippen LogP contribution is -2.11. The van der Waals surface area contributed by atoms with E-state index in [0.717, 1.165) is 18.5 Å². The van der Waals surface area contributed by atoms with Crippen LogP contribution in [0.5, 0.6) is 0 Å². The molecular formula is C21H20N4OS. The standard InChI is InChI=1S/C21H20N4OS/c1-15(12-13-16-8-4-2-5-9-16)27-21-23-19-18(20(26)24-21)14-22-25(19)17-10-6-3-7-11-17/h2-11,14-15H,12-13H2,1H3,(H,23,24,26). The number of fused-ring (bicyclic) bond motifs is 1. The van der Waals surface area contributed by atoms with Crippen molar-refractivity contribution < 1.29 is 0 Å². The molecule has 1 atom stereocenters. The summed E-state index contributed by atoms with van der Waals surface area (Å²) < 4.78 is 1.71. The van der Waals surface area contributed by atoms with Gasteiger partial charge in [0.25, 0.3) is 5.56 Å². The number of aryl methyl sites for hydroxylation is 1. The van der Waals surface area contributed by atoms with Crippen molar-refractivity contribution in [1.29, 1.82) is 0 Å². The molecule has 0 aliphatic carbocycles. The summed E-state index contributed by atoms with van der Waals surface area (Å²) >= 11 is 1.59. The molecule has 0 aliphatic heterocycles. The average molecular weight is 376 g/mol. The Balaban J connectivity index is 1.56. The SMILES string of the molecule is CC(CCc1ccccc1)Sc1nc2c(cnn2-c2ccccc2)c(=O)[nH]1. The van der Waals surface area contributed by atoms with Gasteiger partial charge in [-0.1, -0.05) is 67.2 Å². The summed E-state index contributed by atoms with van der Waals surface area (Å²) in [6, 6.07) is 20.2. The molecule has 2 aromatic carbocycles. The first-order chi connectivity index (χ1) is 13.2. The van der Waals surface area contributed by atoms with E-state index in [9.17, 15) is 4.79 Å². The van der Waals surface area contributed by atoms with Crippen molar-refractivity contribution in [2.75, 3.05) is 0 Å². The first-order valence-electron chi connectivity index (χ1n) is 8.95. The van der Waals surface area contributed by atoms with Gasteiger partial charge in [-0.3, -0.25) is 4.79 Å². The van der Waals surface area contributed by atoms with Gasteiger partial charge in [0.2, 0.25) is 0 Å². The van der Waals surface area contributed by atoms with Crippen LogP contribution in [0.4, 0.5) is 0 Å². The maximum Gasteiger partial charge on any atom is 0.262 e. The minimum atomic E-state index is -0.153. The average Bonchev–Trinajstić information content (AvgIpc) is 3.12. The molecule has 0 aliphatic rings. The Labute approximate surface area is 161 Å². The summed E-state index contributed by atoms with van der Waals surface area (Å²) in [6.07, 6.45) is 3.58. The van der Waals surface area contributed by atoms with E-state index in [1.165, 1.54) is 5.56 Å². The molecule has 0 fully saturated rings. The van der Waals surface area contributed by atoms with Crippen LogP contribution in [0, 0.1) is 0 Å². The normalized spacial score (nSPS) is 12.3. The fourth-order valence-electron chi connectivity index (χ4n) is 2.98. The molecule has 0 saturated carbocycles. The summed E-state index contributed by atoms with van der Waals surface area (Å²) in [7, 11) is 0. The third-order valence-electron chi connectivity index (χ3n) is 4.41. The Morgan fingerprint density at radius 2 is 1.78 bits per heavy atom. The maximum atomic E-state index is 12.4. The van der Waals surface area contributed by atoms with Gasteiger partial charge in [0.15, 0.2) is 10.8 Å². The topological polar surface area (TPSA) is 63.6 Å². The Hall–Kier alpha value is -2.86. The van der Waals surface area contributed by atoms with E-state index in [-0.39, 0.29) is 5.56 Å². The van der Waals surface area contributed by atoms with E-state index in [0.29, 0.717) is 21.4 Å². The van der Waals surface area contributed by atoms with Crippen LogP contribution in [0.25, 0.3) is 16.7 Å². The zero-order valence-corrected chi connectivity index (χ0v) is 15.8. The van der Waals surface area contributed by atoms with Crippen LogP contribution in [0.15, 0.2) is 76.8 Å². The Morgan fingerprint density at radius 1 is 1.07 bits per heavy atom. The van der Waals surface area contributed by atoms with Gasteiger partial charge in [0, 0.05) is 5.25 Å². The summed E-state index contributed by atoms with van der Waals surface area (Å²) in [5.41, 5.74) is 2.64. The van der Waals surface area contributed by atoms with Crippen molar-refractivity contribution in [3.8, 4) is 5.69 Å². The summed E-state index contributed by atoms with van der Waals surface area (Å²) in [5, 5.41) is 5.81. The zero-order valence-electron chi connectivity index (χ0n) is 15.0. The van der Waals surface area contributed by atoms with Gasteiger partial charge in [-0.25, -0.2) is 9.67 Å². The van der Waals surface area contributed by atoms with E-state index in [4.69, 9.17) is 0 Å². The minimum absolute atomic E-state index is 0.153. The molecule has 1 unspecified atom stereocenters. The fraction of sp³-hybridized carbons (Fsp3) is 0.190. The van der Waals surface area contributed by atoms with Crippen molar-refractivity contribution in [2.45, 2.75) is 30.2 Å². The van der Waals surface area contributed by atoms with Crippen LogP contribution in [0.1, 0.15) is 18.9 Å². The zero-order chi connectivity index (χ0) is 18.6. The molecule has 2 aromatic heterocycles. The summed E-state index contributed by atoms with van der Waals surface area (Å²) in [5.74, 6) is 0. The second-order valence-electron chi connectivity index (χ2n) is 6.45. The number of hydrogen-bond donors (Lipinski definition) is 1. The summed E-state index contributed by atoms with van der Waals surface area (Å²) in [4.78, 5) is 20.0. The van der Waals surface area contributed by atoms with Crippen LogP contribution in [-0.2, 0) is 6.42 Å². The van der Waals surface area contributed by atoms with E-state index >= 15 is 0 Å². The molecule has 2 heterocycles. The van der Waals surface area contributed by atoms with Gasteiger partial charge in [-0.2, -0.15) is 5.10 Å². The van der Waals surface area contributed by atoms with Crippen LogP contribution in [0.3, 0.4) is 0 Å². The predicted molar refractivity (Wildman–Crippen MR) is 110 cm³/mol. The lowest BCUT2D eigenvalue weighted by Gasteiger charge is -2.10. The van der Waals surface area contributed by atoms with Crippen molar-refractivity contribution in [3.63, 3.8) is 0 Å². The van der Waals surface area contributed by atoms with E-state index < -0.39 is 0 Å². The number of rotatable bonds is 6. The number of benzene rings is 2. The van der Waals surface area contributed by atoms with Crippen molar-refractivity contribution >= 4 is 22.8 Å². The van der Waals surface area contributed by atoms with Gasteiger partial charge in [-0.15, -0.1) is 0 Å². The molecule has 0 amide bonds. The monoisotopic (exact) mass is 376 g/mol. The number of nitrogens with zero attached hydrogens (tertiary/aromatic N) is 3. The molecule has 0 bridgehead atoms. The van der Waals surface area contributed by atoms with E-state index in [2.05, 4.69) is 46.3 Å². The van der Waals surface area contributed by atoms with E-state index in [1.807, 2.05) is 36.4 Å². The molecule has 1 N–H and O–H groups in total. The van der Waals surface area contributed by atoms with Gasteiger partial charge in [0.05, 0.1) is 11.9 Å². The Kier molecular flexibility index (Phi) is 5.07. The highest BCUT2D eigenvalue weighted by atomic mass is 32.2. The Morgan fingerprint density at radius 3 is 2.52 bits per heavy atom. The van der Waals surface area contributed by atoms with Gasteiger partial charge in [-0.05, 0) is 30.5 Å². The second-order valence-corrected chi connectivity index (χ2v) is 7.88. The molecule has 5 nitrogen and oxygen atoms in total. The predicted octanol–water partition coefficient (Wildman–Crippen LogP) is 4.22. The quantitative estimate of drug-likeness (QED) is 0.404. The largest absolute Gasteiger partial charge is 0.301 e. The van der Waals surface area contributed by atoms with Crippen molar-refractivity contribution in [2.24, 2.45) is 0 Å². The highest BCUT2D eigenvalue weighted by Crippen LogP contribution is 2.24. The first-order valence-corrected chi connectivity index (χ1v) is 9.83. The maximum absolute atomic E-state index is 12.4. The fourth-order valence-corrected chi connectivity index (χ4v) is 3.88. The van der Waals surface area contributed by atoms with Gasteiger partial charge >= 0.3 is 0 Å². The van der Waals surface area contributed by atoms with Crippen LogP contribution in [0.2, 0.25) is 0 Å². The van der Waals surface area contributed by atoms with Crippen LogP contribution < -0.4 is 5.56 Å². The second kappa shape index (κ2) is 7.80. The lowest BCUT2D eigenvalue weighted by atomic mass is 10.1. The minimum Gasteiger partial charge on any atom is -0.301 e. The van der Waals surface area contributed by atoms with Crippen molar-refractivity contribution in [1.82, 2.24) is 19.7 Å². The molecule has 0 saturated heterocycles. The molecule has 4 rings (SSSR count). The number of aromatic amines is 1. The Bertz CT molecular complexity index is 1090. The number of thioether (sulfide) groups is 1. The summed E-state index contributed by atoms with van der Waals surface area (Å²) in [6.45, 7) is 2.16. The highest BCUT2D eigenvalue weighted by Gasteiger charge is 2.13. The molecule has 136 valence electrons. The molecule has 6 heteroatoms. The number of para-hydroxylation sites is 1. The molecule has 0 spiro atoms. The van der Waals surface area contributed by atoms with Crippen LogP contribution in [-0.4, -0.2) is 25.0 Å². The van der Waals surface area contributed by atoms with Gasteiger partial charge < -0.3 is 4.98 Å². The molecule has 0 radical (unpaired) electrons. The lowest BCUT2D eigenvalue weighted by molar-refractivity contribution is 0.803. The number of H-pyrrole nitrogens is 1. The molecule has 4 aromatic rings. The number of nitrogens with one attached hydrogen (secondary N) is 1. The number of aromatic nitrogens is 4. The molecular weight excluding hydrogens is 356 g/mol. The van der Waals surface area contributed by atoms with Crippen molar-refractivity contribution in [3.05, 3.63) is 82.8 Å². The van der Waals surface area contributed by atoms with Crippen LogP contribution >= 0.6 is 11.8 Å². The third kappa shape index (κ3) is 3.95. The molecule has 27 heavy (non-hydrogen) atoms. The van der Waals surface area contributed by atoms with E-state index in [1.54, 1.807) is 22.6 Å². The number of hydrogen-bond acceptors (Lipinski definition) is 4. The third-order valence-corrected chi connectivity index (χ3v) is 5.47. The first kappa shape index (κ1) is 17.5. The smallest absolute Gasteiger partial charge is 0.262 e. The highest BCUT2D eigenvalue weighted by molar-refractivity contribution is 7.99.